The summed E-state index contributed by atoms with van der Waals surface area (Å²) >= 11 is 0. The van der Waals surface area contributed by atoms with Crippen LogP contribution in [0.5, 0.6) is 0 Å². The summed E-state index contributed by atoms with van der Waals surface area (Å²) in [5, 5.41) is 0. The Hall–Kier alpha value is -2.22. The van der Waals surface area contributed by atoms with Gasteiger partial charge in [0.25, 0.3) is 10.1 Å². The maximum atomic E-state index is 11.5. The minimum Gasteiger partial charge on any atom is -0.460 e. The number of hydrogen-bond donors (Lipinski definition) is 2. The Kier molecular flexibility index (Phi) is 9.14. The lowest BCUT2D eigenvalue weighted by Gasteiger charge is -2.13. The summed E-state index contributed by atoms with van der Waals surface area (Å²) in [6, 6.07) is 15.4. The average Bonchev–Trinajstić information content (AvgIpc) is 2.60. The second-order valence-electron chi connectivity index (χ2n) is 6.57. The van der Waals surface area contributed by atoms with Crippen LogP contribution in [0, 0.1) is 12.8 Å². The number of esters is 1. The summed E-state index contributed by atoms with van der Waals surface area (Å²) in [6.45, 7) is 5.99. The molecule has 0 aliphatic rings. The van der Waals surface area contributed by atoms with Crippen molar-refractivity contribution in [3.8, 4) is 0 Å². The van der Waals surface area contributed by atoms with E-state index in [1.54, 1.807) is 25.1 Å². The molecule has 0 saturated carbocycles. The van der Waals surface area contributed by atoms with Crippen LogP contribution < -0.4 is 5.73 Å². The Balaban J connectivity index is 0.000000289. The average molecular weight is 394 g/mol. The van der Waals surface area contributed by atoms with Crippen molar-refractivity contribution in [3.05, 3.63) is 65.7 Å². The van der Waals surface area contributed by atoms with Crippen LogP contribution in [-0.4, -0.2) is 25.0 Å². The second-order valence-corrected chi connectivity index (χ2v) is 7.96. The van der Waals surface area contributed by atoms with Gasteiger partial charge in [-0.05, 0) is 36.5 Å². The van der Waals surface area contributed by atoms with Crippen LogP contribution in [0.15, 0.2) is 59.5 Å². The van der Waals surface area contributed by atoms with E-state index in [9.17, 15) is 13.2 Å². The van der Waals surface area contributed by atoms with Gasteiger partial charge in [-0.1, -0.05) is 62.4 Å². The van der Waals surface area contributed by atoms with E-state index in [1.807, 2.05) is 44.2 Å². The van der Waals surface area contributed by atoms with Crippen LogP contribution in [0.25, 0.3) is 0 Å². The van der Waals surface area contributed by atoms with Crippen molar-refractivity contribution in [3.63, 3.8) is 0 Å². The molecule has 6 nitrogen and oxygen atoms in total. The Labute approximate surface area is 161 Å². The molecule has 2 aromatic carbocycles. The van der Waals surface area contributed by atoms with Crippen LogP contribution in [0.3, 0.4) is 0 Å². The first-order valence-electron chi connectivity index (χ1n) is 8.60. The highest BCUT2D eigenvalue weighted by atomic mass is 32.2. The van der Waals surface area contributed by atoms with E-state index in [0.29, 0.717) is 24.5 Å². The van der Waals surface area contributed by atoms with Gasteiger partial charge >= 0.3 is 5.97 Å². The molecule has 0 amide bonds. The summed E-state index contributed by atoms with van der Waals surface area (Å²) in [4.78, 5) is 11.5. The first kappa shape index (κ1) is 22.8. The zero-order chi connectivity index (χ0) is 20.4. The first-order valence-corrected chi connectivity index (χ1v) is 10.0. The predicted molar refractivity (Wildman–Crippen MR) is 105 cm³/mol. The smallest absolute Gasteiger partial charge is 0.323 e. The van der Waals surface area contributed by atoms with Gasteiger partial charge in [0.05, 0.1) is 4.90 Å². The molecule has 0 radical (unpaired) electrons. The van der Waals surface area contributed by atoms with E-state index in [4.69, 9.17) is 15.0 Å². The normalized spacial score (nSPS) is 12.1. The van der Waals surface area contributed by atoms with Crippen LogP contribution in [-0.2, 0) is 26.3 Å². The molecule has 0 aliphatic carbocycles. The molecule has 2 rings (SSSR count). The van der Waals surface area contributed by atoms with Gasteiger partial charge in [0.15, 0.2) is 0 Å². The van der Waals surface area contributed by atoms with Crippen molar-refractivity contribution in [2.24, 2.45) is 11.7 Å². The SMILES string of the molecule is CC(C)C[C@H](N)C(=O)OCc1ccccc1.Cc1ccccc1S(=O)(=O)O. The number of rotatable bonds is 6. The van der Waals surface area contributed by atoms with Crippen molar-refractivity contribution in [1.82, 2.24) is 0 Å². The molecule has 7 heteroatoms. The maximum Gasteiger partial charge on any atom is 0.323 e. The number of nitrogens with two attached hydrogens (primary N) is 1. The molecule has 0 unspecified atom stereocenters. The van der Waals surface area contributed by atoms with Gasteiger partial charge in [0.2, 0.25) is 0 Å². The Bertz CT molecular complexity index is 819. The number of benzene rings is 2. The molecule has 1 atom stereocenters. The molecule has 3 N–H and O–H groups in total. The predicted octanol–water partition coefficient (Wildman–Crippen LogP) is 3.34. The fraction of sp³-hybridized carbons (Fsp3) is 0.350. The number of carbonyl (C=O) groups excluding carboxylic acids is 1. The van der Waals surface area contributed by atoms with Crippen LogP contribution in [0.1, 0.15) is 31.4 Å². The second kappa shape index (κ2) is 10.8. The fourth-order valence-electron chi connectivity index (χ4n) is 2.29. The highest BCUT2D eigenvalue weighted by molar-refractivity contribution is 7.85. The standard InChI is InChI=1S/C13H19NO2.C7H8O3S/c1-10(2)8-12(14)13(15)16-9-11-6-4-3-5-7-11;1-6-4-2-3-5-7(6)11(8,9)10/h3-7,10,12H,8-9,14H2,1-2H3;2-5H,1H3,(H,8,9,10)/t12-;/m0./s1. The van der Waals surface area contributed by atoms with Gasteiger partial charge in [-0.25, -0.2) is 0 Å². The molecule has 0 saturated heterocycles. The van der Waals surface area contributed by atoms with Crippen LogP contribution >= 0.6 is 0 Å². The quantitative estimate of drug-likeness (QED) is 0.576. The van der Waals surface area contributed by atoms with Crippen LogP contribution in [0.2, 0.25) is 0 Å². The van der Waals surface area contributed by atoms with E-state index in [-0.39, 0.29) is 10.9 Å². The van der Waals surface area contributed by atoms with E-state index in [1.165, 1.54) is 6.07 Å². The third kappa shape index (κ3) is 8.81. The summed E-state index contributed by atoms with van der Waals surface area (Å²) in [5.41, 5.74) is 7.24. The summed E-state index contributed by atoms with van der Waals surface area (Å²) in [6.07, 6.45) is 0.660. The summed E-state index contributed by atoms with van der Waals surface area (Å²) in [7, 11) is -4.03. The van der Waals surface area contributed by atoms with Crippen molar-refractivity contribution in [2.45, 2.75) is 44.7 Å². The number of aryl methyl sites for hydroxylation is 1. The van der Waals surface area contributed by atoms with E-state index in [2.05, 4.69) is 0 Å². The van der Waals surface area contributed by atoms with Crippen LogP contribution in [0.4, 0.5) is 0 Å². The lowest BCUT2D eigenvalue weighted by atomic mass is 10.1. The van der Waals surface area contributed by atoms with Crippen molar-refractivity contribution < 1.29 is 22.5 Å². The van der Waals surface area contributed by atoms with E-state index in [0.717, 1.165) is 5.56 Å². The van der Waals surface area contributed by atoms with Crippen molar-refractivity contribution in [1.29, 1.82) is 0 Å². The molecular formula is C20H27NO5S. The minimum atomic E-state index is -4.03. The lowest BCUT2D eigenvalue weighted by Crippen LogP contribution is -2.33. The highest BCUT2D eigenvalue weighted by Gasteiger charge is 2.16. The maximum absolute atomic E-state index is 11.5. The molecular weight excluding hydrogens is 366 g/mol. The molecule has 0 heterocycles. The Morgan fingerprint density at radius 3 is 2.11 bits per heavy atom. The Morgan fingerprint density at radius 1 is 1.07 bits per heavy atom. The largest absolute Gasteiger partial charge is 0.460 e. The number of ether oxygens (including phenoxy) is 1. The van der Waals surface area contributed by atoms with Gasteiger partial charge in [-0.3, -0.25) is 9.35 Å². The molecule has 0 bridgehead atoms. The van der Waals surface area contributed by atoms with Gasteiger partial charge < -0.3 is 10.5 Å². The van der Waals surface area contributed by atoms with Crippen molar-refractivity contribution in [2.75, 3.05) is 0 Å². The highest BCUT2D eigenvalue weighted by Crippen LogP contribution is 2.12. The fourth-order valence-corrected chi connectivity index (χ4v) is 3.01. The zero-order valence-corrected chi connectivity index (χ0v) is 16.6. The third-order valence-corrected chi connectivity index (χ3v) is 4.64. The van der Waals surface area contributed by atoms with Gasteiger partial charge in [0, 0.05) is 0 Å². The molecule has 0 fully saturated rings. The zero-order valence-electron chi connectivity index (χ0n) is 15.8. The molecule has 27 heavy (non-hydrogen) atoms. The van der Waals surface area contributed by atoms with Gasteiger partial charge in [-0.15, -0.1) is 0 Å². The lowest BCUT2D eigenvalue weighted by molar-refractivity contribution is -0.146. The molecule has 0 aliphatic heterocycles. The summed E-state index contributed by atoms with van der Waals surface area (Å²) < 4.78 is 35.0. The van der Waals surface area contributed by atoms with Gasteiger partial charge in [0.1, 0.15) is 12.6 Å². The van der Waals surface area contributed by atoms with E-state index < -0.39 is 16.2 Å². The topological polar surface area (TPSA) is 107 Å². The third-order valence-electron chi connectivity index (χ3n) is 3.62. The number of carbonyl (C=O) groups is 1. The van der Waals surface area contributed by atoms with E-state index >= 15 is 0 Å². The number of hydrogen-bond acceptors (Lipinski definition) is 5. The molecule has 0 aromatic heterocycles. The first-order chi connectivity index (χ1) is 12.6. The molecule has 0 spiro atoms. The van der Waals surface area contributed by atoms with Gasteiger partial charge in [-0.2, -0.15) is 8.42 Å². The minimum absolute atomic E-state index is 0.0278. The monoisotopic (exact) mass is 393 g/mol. The van der Waals surface area contributed by atoms with Crippen molar-refractivity contribution >= 4 is 16.1 Å². The molecule has 2 aromatic rings. The molecule has 148 valence electrons. The summed E-state index contributed by atoms with van der Waals surface area (Å²) in [5.74, 6) is 0.0804. The Morgan fingerprint density at radius 2 is 1.63 bits per heavy atom.